The Kier molecular flexibility index (Phi) is 9.10. The number of carbonyl (C=O) groups is 2. The van der Waals surface area contributed by atoms with Gasteiger partial charge in [0.1, 0.15) is 12.6 Å². The van der Waals surface area contributed by atoms with E-state index < -0.39 is 28.5 Å². The van der Waals surface area contributed by atoms with Crippen molar-refractivity contribution in [1.29, 1.82) is 0 Å². The van der Waals surface area contributed by atoms with Crippen molar-refractivity contribution in [2.75, 3.05) is 38.4 Å². The van der Waals surface area contributed by atoms with Gasteiger partial charge in [0.2, 0.25) is 21.8 Å². The summed E-state index contributed by atoms with van der Waals surface area (Å²) < 4.78 is 36.8. The molecule has 2 aromatic carbocycles. The monoisotopic (exact) mass is 477 g/mol. The summed E-state index contributed by atoms with van der Waals surface area (Å²) in [5, 5.41) is 2.58. The summed E-state index contributed by atoms with van der Waals surface area (Å²) in [5.74, 6) is -0.0697. The molecule has 1 N–H and O–H groups in total. The van der Waals surface area contributed by atoms with Crippen LogP contribution in [-0.2, 0) is 26.2 Å². The molecule has 180 valence electrons. The van der Waals surface area contributed by atoms with Gasteiger partial charge in [0.25, 0.3) is 0 Å². The van der Waals surface area contributed by atoms with E-state index in [1.165, 1.54) is 38.3 Å². The van der Waals surface area contributed by atoms with Crippen LogP contribution in [-0.4, -0.2) is 65.2 Å². The van der Waals surface area contributed by atoms with Crippen molar-refractivity contribution in [3.8, 4) is 11.5 Å². The number of carbonyl (C=O) groups excluding carboxylic acids is 2. The first kappa shape index (κ1) is 26.0. The smallest absolute Gasteiger partial charge is 0.244 e. The summed E-state index contributed by atoms with van der Waals surface area (Å²) in [4.78, 5) is 27.4. The molecule has 0 aliphatic heterocycles. The Morgan fingerprint density at radius 1 is 1.03 bits per heavy atom. The number of amides is 2. The number of nitrogens with one attached hydrogen (secondary N) is 1. The minimum absolute atomic E-state index is 0.162. The molecule has 0 aromatic heterocycles. The lowest BCUT2D eigenvalue weighted by Gasteiger charge is -2.32. The highest BCUT2D eigenvalue weighted by molar-refractivity contribution is 7.92. The van der Waals surface area contributed by atoms with Gasteiger partial charge in [-0.1, -0.05) is 37.3 Å². The van der Waals surface area contributed by atoms with Gasteiger partial charge < -0.3 is 19.7 Å². The van der Waals surface area contributed by atoms with Gasteiger partial charge in [0.05, 0.1) is 26.2 Å². The molecule has 0 heterocycles. The Hall–Kier alpha value is -3.27. The third-order valence-electron chi connectivity index (χ3n) is 5.16. The molecule has 10 heteroatoms. The van der Waals surface area contributed by atoms with Gasteiger partial charge in [0.15, 0.2) is 11.5 Å². The van der Waals surface area contributed by atoms with Gasteiger partial charge in [-0.3, -0.25) is 13.9 Å². The molecule has 1 atom stereocenters. The van der Waals surface area contributed by atoms with Gasteiger partial charge in [-0.15, -0.1) is 0 Å². The molecule has 0 fully saturated rings. The number of likely N-dealkylation sites (N-methyl/N-ethyl adjacent to an activating group) is 1. The SMILES string of the molecule is CCC(C(=O)NC)N(Cc1ccccc1)C(=O)CN(c1ccc(OC)c(OC)c1)S(C)(=O)=O. The van der Waals surface area contributed by atoms with Crippen molar-refractivity contribution < 1.29 is 27.5 Å². The van der Waals surface area contributed by atoms with E-state index in [9.17, 15) is 18.0 Å². The fraction of sp³-hybridized carbons (Fsp3) is 0.391. The summed E-state index contributed by atoms with van der Waals surface area (Å²) in [6.45, 7) is 1.48. The maximum Gasteiger partial charge on any atom is 0.244 e. The highest BCUT2D eigenvalue weighted by Gasteiger charge is 2.31. The van der Waals surface area contributed by atoms with Crippen LogP contribution in [0.25, 0.3) is 0 Å². The fourth-order valence-electron chi connectivity index (χ4n) is 3.46. The quantitative estimate of drug-likeness (QED) is 0.531. The number of hydrogen-bond donors (Lipinski definition) is 1. The molecule has 0 saturated carbocycles. The zero-order chi connectivity index (χ0) is 24.6. The zero-order valence-electron chi connectivity index (χ0n) is 19.6. The molecule has 0 radical (unpaired) electrons. The van der Waals surface area contributed by atoms with E-state index in [2.05, 4.69) is 5.32 Å². The second-order valence-corrected chi connectivity index (χ2v) is 9.26. The predicted molar refractivity (Wildman–Crippen MR) is 127 cm³/mol. The molecule has 2 amide bonds. The summed E-state index contributed by atoms with van der Waals surface area (Å²) in [6.07, 6.45) is 1.39. The average Bonchev–Trinajstić information content (AvgIpc) is 2.81. The number of rotatable bonds is 11. The van der Waals surface area contributed by atoms with Crippen LogP contribution in [0.2, 0.25) is 0 Å². The number of methoxy groups -OCH3 is 2. The van der Waals surface area contributed by atoms with Gasteiger partial charge in [-0.2, -0.15) is 0 Å². The highest BCUT2D eigenvalue weighted by Crippen LogP contribution is 2.32. The maximum atomic E-state index is 13.5. The van der Waals surface area contributed by atoms with Crippen molar-refractivity contribution in [1.82, 2.24) is 10.2 Å². The van der Waals surface area contributed by atoms with E-state index in [0.717, 1.165) is 16.1 Å². The second kappa shape index (κ2) is 11.6. The number of anilines is 1. The Labute approximate surface area is 195 Å². The third kappa shape index (κ3) is 6.61. The van der Waals surface area contributed by atoms with E-state index >= 15 is 0 Å². The van der Waals surface area contributed by atoms with E-state index in [-0.39, 0.29) is 18.1 Å². The van der Waals surface area contributed by atoms with Crippen molar-refractivity contribution in [2.24, 2.45) is 0 Å². The third-order valence-corrected chi connectivity index (χ3v) is 6.30. The summed E-state index contributed by atoms with van der Waals surface area (Å²) in [6, 6.07) is 13.1. The molecular weight excluding hydrogens is 446 g/mol. The zero-order valence-corrected chi connectivity index (χ0v) is 20.4. The molecule has 2 rings (SSSR count). The average molecular weight is 478 g/mol. The Bertz CT molecular complexity index is 1060. The van der Waals surface area contributed by atoms with Crippen molar-refractivity contribution in [3.63, 3.8) is 0 Å². The van der Waals surface area contributed by atoms with E-state index in [4.69, 9.17) is 9.47 Å². The molecule has 0 bridgehead atoms. The van der Waals surface area contributed by atoms with Crippen LogP contribution in [0.1, 0.15) is 18.9 Å². The second-order valence-electron chi connectivity index (χ2n) is 7.35. The highest BCUT2D eigenvalue weighted by atomic mass is 32.2. The molecule has 0 saturated heterocycles. The molecule has 33 heavy (non-hydrogen) atoms. The molecule has 2 aromatic rings. The maximum absolute atomic E-state index is 13.5. The Morgan fingerprint density at radius 2 is 1.67 bits per heavy atom. The van der Waals surface area contributed by atoms with Crippen LogP contribution in [0.4, 0.5) is 5.69 Å². The van der Waals surface area contributed by atoms with E-state index in [1.807, 2.05) is 30.3 Å². The largest absolute Gasteiger partial charge is 0.493 e. The van der Waals surface area contributed by atoms with E-state index in [1.54, 1.807) is 13.0 Å². The molecule has 9 nitrogen and oxygen atoms in total. The Balaban J connectivity index is 2.45. The van der Waals surface area contributed by atoms with Crippen LogP contribution < -0.4 is 19.1 Å². The minimum Gasteiger partial charge on any atom is -0.493 e. The van der Waals surface area contributed by atoms with Crippen LogP contribution in [0, 0.1) is 0 Å². The molecular formula is C23H31N3O6S. The van der Waals surface area contributed by atoms with Gasteiger partial charge in [0, 0.05) is 19.7 Å². The van der Waals surface area contributed by atoms with Crippen molar-refractivity contribution in [2.45, 2.75) is 25.9 Å². The number of hydrogen-bond acceptors (Lipinski definition) is 6. The first-order valence-electron chi connectivity index (χ1n) is 10.4. The van der Waals surface area contributed by atoms with Crippen LogP contribution in [0.3, 0.4) is 0 Å². The fourth-order valence-corrected chi connectivity index (χ4v) is 4.30. The summed E-state index contributed by atoms with van der Waals surface area (Å²) in [7, 11) is 0.581. The lowest BCUT2D eigenvalue weighted by Crippen LogP contribution is -2.51. The van der Waals surface area contributed by atoms with Crippen molar-refractivity contribution >= 4 is 27.5 Å². The number of ether oxygens (including phenoxy) is 2. The Morgan fingerprint density at radius 3 is 2.18 bits per heavy atom. The number of benzene rings is 2. The topological polar surface area (TPSA) is 105 Å². The summed E-state index contributed by atoms with van der Waals surface area (Å²) in [5.41, 5.74) is 1.07. The normalized spacial score (nSPS) is 11.9. The first-order chi connectivity index (χ1) is 15.7. The van der Waals surface area contributed by atoms with E-state index in [0.29, 0.717) is 17.9 Å². The lowest BCUT2D eigenvalue weighted by atomic mass is 10.1. The first-order valence-corrected chi connectivity index (χ1v) is 12.3. The van der Waals surface area contributed by atoms with Crippen molar-refractivity contribution in [3.05, 3.63) is 54.1 Å². The minimum atomic E-state index is -3.83. The molecule has 0 aliphatic rings. The standard InChI is InChI=1S/C23H31N3O6S/c1-6-19(23(28)24-2)25(15-17-10-8-7-9-11-17)22(27)16-26(33(5,29)30)18-12-13-20(31-3)21(14-18)32-4/h7-14,19H,6,15-16H2,1-5H3,(H,24,28). The number of nitrogens with zero attached hydrogens (tertiary/aromatic N) is 2. The molecule has 1 unspecified atom stereocenters. The van der Waals surface area contributed by atoms with Gasteiger partial charge >= 0.3 is 0 Å². The molecule has 0 aliphatic carbocycles. The van der Waals surface area contributed by atoms with Gasteiger partial charge in [-0.25, -0.2) is 8.42 Å². The molecule has 0 spiro atoms. The van der Waals surface area contributed by atoms with Crippen LogP contribution >= 0.6 is 0 Å². The number of sulfonamides is 1. The summed E-state index contributed by atoms with van der Waals surface area (Å²) >= 11 is 0. The van der Waals surface area contributed by atoms with Crippen LogP contribution in [0.15, 0.2) is 48.5 Å². The lowest BCUT2D eigenvalue weighted by molar-refractivity contribution is -0.140. The van der Waals surface area contributed by atoms with Gasteiger partial charge in [-0.05, 0) is 24.1 Å². The predicted octanol–water partition coefficient (Wildman–Crippen LogP) is 2.02. The van der Waals surface area contributed by atoms with Crippen LogP contribution in [0.5, 0.6) is 11.5 Å².